The minimum Gasteiger partial charge on any atom is -0.394 e. The third-order valence-electron chi connectivity index (χ3n) is 7.30. The molecule has 0 aromatic carbocycles. The maximum absolute atomic E-state index is 12.7. The number of rotatable bonds is 26. The number of nitrogens with one attached hydrogen (secondary N) is 4. The van der Waals surface area contributed by atoms with Crippen molar-refractivity contribution in [3.63, 3.8) is 0 Å². The van der Waals surface area contributed by atoms with Gasteiger partial charge in [-0.3, -0.25) is 10.1 Å². The predicted molar refractivity (Wildman–Crippen MR) is 150 cm³/mol. The van der Waals surface area contributed by atoms with E-state index in [1.165, 1.54) is 7.05 Å². The zero-order chi connectivity index (χ0) is 35.8. The first-order valence-electron chi connectivity index (χ1n) is 14.1. The zero-order valence-electron chi connectivity index (χ0n) is 25.1. The van der Waals surface area contributed by atoms with Crippen molar-refractivity contribution >= 4 is 5.91 Å². The van der Waals surface area contributed by atoms with Gasteiger partial charge in [0.1, 0.15) is 61.0 Å². The second-order valence-electron chi connectivity index (χ2n) is 10.9. The number of carbonyl (C=O) groups is 1. The van der Waals surface area contributed by atoms with Gasteiger partial charge in [-0.15, -0.1) is 0 Å². The van der Waals surface area contributed by atoms with Crippen molar-refractivity contribution in [1.29, 1.82) is 0 Å². The molecular formula is C24H52N4O18. The second-order valence-corrected chi connectivity index (χ2v) is 10.9. The lowest BCUT2D eigenvalue weighted by Crippen LogP contribution is -2.59. The number of ether oxygens (including phenoxy) is 1. The van der Waals surface area contributed by atoms with Crippen LogP contribution in [0.3, 0.4) is 0 Å². The highest BCUT2D eigenvalue weighted by atomic mass is 16.6. The van der Waals surface area contributed by atoms with Gasteiger partial charge in [-0.25, -0.2) is 0 Å². The van der Waals surface area contributed by atoms with Crippen molar-refractivity contribution in [3.8, 4) is 0 Å². The van der Waals surface area contributed by atoms with Gasteiger partial charge in [0.15, 0.2) is 12.4 Å². The van der Waals surface area contributed by atoms with Crippen LogP contribution in [0.2, 0.25) is 0 Å². The molecule has 0 aliphatic rings. The molecule has 0 fully saturated rings. The van der Waals surface area contributed by atoms with E-state index in [0.29, 0.717) is 0 Å². The third-order valence-corrected chi connectivity index (χ3v) is 7.30. The molecule has 0 heterocycles. The Labute approximate surface area is 263 Å². The molecule has 22 nitrogen and oxygen atoms in total. The quantitative estimate of drug-likeness (QED) is 0.0228. The normalized spacial score (nSPS) is 22.2. The summed E-state index contributed by atoms with van der Waals surface area (Å²) in [4.78, 5) is 12.7. The van der Waals surface area contributed by atoms with Gasteiger partial charge in [0.2, 0.25) is 0 Å². The average Bonchev–Trinajstić information content (AvgIpc) is 3.07. The molecule has 14 atom stereocenters. The van der Waals surface area contributed by atoms with Crippen LogP contribution in [-0.2, 0) is 9.53 Å². The predicted octanol–water partition coefficient (Wildman–Crippen LogP) is -11.1. The molecule has 0 aromatic heterocycles. The smallest absolute Gasteiger partial charge is 0.251 e. The van der Waals surface area contributed by atoms with Gasteiger partial charge in [0.05, 0.1) is 32.6 Å². The van der Waals surface area contributed by atoms with Crippen molar-refractivity contribution in [2.45, 2.75) is 85.9 Å². The Kier molecular flexibility index (Phi) is 21.7. The molecule has 14 unspecified atom stereocenters. The summed E-state index contributed by atoms with van der Waals surface area (Å²) in [6.07, 6.45) is -25.2. The van der Waals surface area contributed by atoms with Crippen LogP contribution >= 0.6 is 0 Å². The topological polar surface area (TPSA) is 398 Å². The van der Waals surface area contributed by atoms with Crippen molar-refractivity contribution in [3.05, 3.63) is 0 Å². The van der Waals surface area contributed by atoms with Crippen molar-refractivity contribution in [1.82, 2.24) is 21.4 Å². The highest BCUT2D eigenvalue weighted by Crippen LogP contribution is 2.25. The van der Waals surface area contributed by atoms with E-state index in [4.69, 9.17) is 20.1 Å². The summed E-state index contributed by atoms with van der Waals surface area (Å²) < 4.78 is 4.99. The molecule has 22 heteroatoms. The van der Waals surface area contributed by atoms with E-state index < -0.39 is 130 Å². The van der Waals surface area contributed by atoms with Gasteiger partial charge < -0.3 is 97.2 Å². The van der Waals surface area contributed by atoms with Gasteiger partial charge in [-0.05, 0) is 13.5 Å². The summed E-state index contributed by atoms with van der Waals surface area (Å²) in [5.74, 6) is -1.29. The lowest BCUT2D eigenvalue weighted by molar-refractivity contribution is -0.207. The number of hydrogen-bond donors (Lipinski definition) is 20. The largest absolute Gasteiger partial charge is 0.394 e. The van der Waals surface area contributed by atoms with E-state index >= 15 is 0 Å². The third kappa shape index (κ3) is 13.7. The lowest BCUT2D eigenvalue weighted by Gasteiger charge is -2.40. The number of aliphatic hydroxyl groups is 15. The Morgan fingerprint density at radius 1 is 0.652 bits per heavy atom. The summed E-state index contributed by atoms with van der Waals surface area (Å²) in [7, 11) is 1.44. The standard InChI is InChI=1S/C24H52N4O18/c1-25-6-24(2-10(28-45)14(35)18(39)15(36)11(32)3-29,7-26-9-46-23(44)21(42)17(38)13(34)5-31)8-27-22(43)20(41)19(40)16(37)12(33)4-30/h10-21,23,25-26,28-42,44-45H,2-9H2,1H3,(H,27,43). The molecular weight excluding hydrogens is 632 g/mol. The average molecular weight is 685 g/mol. The van der Waals surface area contributed by atoms with Crippen LogP contribution in [0, 0.1) is 5.41 Å². The van der Waals surface area contributed by atoms with Crippen LogP contribution in [-0.4, -0.2) is 220 Å². The molecule has 0 rings (SSSR count). The van der Waals surface area contributed by atoms with E-state index in [9.17, 15) is 71.3 Å². The Balaban J connectivity index is 6.03. The Bertz CT molecular complexity index is 825. The van der Waals surface area contributed by atoms with Crippen LogP contribution in [0.25, 0.3) is 0 Å². The fourth-order valence-electron chi connectivity index (χ4n) is 4.38. The van der Waals surface area contributed by atoms with E-state index in [1.54, 1.807) is 5.48 Å². The van der Waals surface area contributed by atoms with E-state index in [2.05, 4.69) is 16.0 Å². The molecule has 46 heavy (non-hydrogen) atoms. The fraction of sp³-hybridized carbons (Fsp3) is 0.958. The van der Waals surface area contributed by atoms with Crippen LogP contribution < -0.4 is 21.4 Å². The van der Waals surface area contributed by atoms with Crippen LogP contribution in [0.15, 0.2) is 0 Å². The summed E-state index contributed by atoms with van der Waals surface area (Å²) >= 11 is 0. The first-order chi connectivity index (χ1) is 21.5. The number of aliphatic hydroxyl groups excluding tert-OH is 15. The lowest BCUT2D eigenvalue weighted by atomic mass is 9.78. The summed E-state index contributed by atoms with van der Waals surface area (Å²) in [5.41, 5.74) is 0.322. The van der Waals surface area contributed by atoms with Crippen molar-refractivity contribution in [2.75, 3.05) is 53.2 Å². The summed E-state index contributed by atoms with van der Waals surface area (Å²) in [5, 5.41) is 164. The van der Waals surface area contributed by atoms with E-state index in [0.717, 1.165) is 0 Å². The van der Waals surface area contributed by atoms with Gasteiger partial charge in [0, 0.05) is 25.0 Å². The fourth-order valence-corrected chi connectivity index (χ4v) is 4.38. The molecule has 0 radical (unpaired) electrons. The number of amides is 1. The maximum Gasteiger partial charge on any atom is 0.251 e. The molecule has 0 aliphatic carbocycles. The van der Waals surface area contributed by atoms with Crippen LogP contribution in [0.4, 0.5) is 0 Å². The first-order valence-corrected chi connectivity index (χ1v) is 14.1. The highest BCUT2D eigenvalue weighted by Gasteiger charge is 2.41. The molecule has 0 aliphatic heterocycles. The number of carbonyl (C=O) groups excluding carboxylic acids is 1. The Morgan fingerprint density at radius 3 is 1.59 bits per heavy atom. The summed E-state index contributed by atoms with van der Waals surface area (Å²) in [6.45, 7) is -4.47. The molecule has 0 bridgehead atoms. The highest BCUT2D eigenvalue weighted by molar-refractivity contribution is 5.81. The minimum absolute atomic E-state index is 0.125. The van der Waals surface area contributed by atoms with Crippen LogP contribution in [0.1, 0.15) is 6.42 Å². The zero-order valence-corrected chi connectivity index (χ0v) is 25.1. The number of hydrogen-bond acceptors (Lipinski definition) is 21. The maximum atomic E-state index is 12.7. The molecule has 0 saturated heterocycles. The molecule has 276 valence electrons. The van der Waals surface area contributed by atoms with Crippen LogP contribution in [0.5, 0.6) is 0 Å². The van der Waals surface area contributed by atoms with Gasteiger partial charge in [0.25, 0.3) is 5.91 Å². The monoisotopic (exact) mass is 684 g/mol. The molecule has 1 amide bonds. The number of hydroxylamine groups is 1. The first kappa shape index (κ1) is 44.7. The van der Waals surface area contributed by atoms with E-state index in [1.807, 2.05) is 0 Å². The SMILES string of the molecule is CNCC(CNCOC(O)C(O)C(O)C(O)CO)(CNC(=O)C(O)C(O)C(O)C(O)CO)CC(NO)C(O)C(O)C(O)C(O)CO. The van der Waals surface area contributed by atoms with Crippen molar-refractivity contribution in [2.24, 2.45) is 5.41 Å². The minimum atomic E-state index is -2.34. The molecule has 20 N–H and O–H groups in total. The second kappa shape index (κ2) is 22.3. The molecule has 0 aromatic rings. The Hall–Kier alpha value is -1.33. The molecule has 0 spiro atoms. The van der Waals surface area contributed by atoms with Crippen molar-refractivity contribution < 1.29 is 91.3 Å². The summed E-state index contributed by atoms with van der Waals surface area (Å²) in [6, 6.07) is -1.55. The van der Waals surface area contributed by atoms with E-state index in [-0.39, 0.29) is 13.1 Å². The molecule has 0 saturated carbocycles. The Morgan fingerprint density at radius 2 is 1.13 bits per heavy atom. The van der Waals surface area contributed by atoms with Gasteiger partial charge in [-0.1, -0.05) is 0 Å². The van der Waals surface area contributed by atoms with Gasteiger partial charge in [-0.2, -0.15) is 5.48 Å². The van der Waals surface area contributed by atoms with Gasteiger partial charge >= 0.3 is 0 Å².